The molecule has 3 fully saturated rings. The van der Waals surface area contributed by atoms with Crippen molar-refractivity contribution in [3.63, 3.8) is 0 Å². The molecule has 0 aliphatic carbocycles. The minimum Gasteiger partial charge on any atom is -0.465 e. The number of methoxy groups -OCH3 is 1. The summed E-state index contributed by atoms with van der Waals surface area (Å²) >= 11 is 0. The van der Waals surface area contributed by atoms with Crippen LogP contribution >= 0.6 is 0 Å². The first-order chi connectivity index (χ1) is 12.2. The Bertz CT molecular complexity index is 777. The van der Waals surface area contributed by atoms with Crippen LogP contribution in [0.2, 0.25) is 0 Å². The van der Waals surface area contributed by atoms with Crippen LogP contribution in [-0.4, -0.2) is 60.4 Å². The lowest BCUT2D eigenvalue weighted by molar-refractivity contribution is 0.0603. The van der Waals surface area contributed by atoms with Gasteiger partial charge in [-0.2, -0.15) is 5.10 Å². The number of rotatable bonds is 5. The molecule has 6 nitrogen and oxygen atoms in total. The molecule has 0 spiro atoms. The number of aromatic amines is 1. The Kier molecular flexibility index (Phi) is 4.48. The van der Waals surface area contributed by atoms with Crippen LogP contribution in [0.3, 0.4) is 0 Å². The Hall–Kier alpha value is -1.92. The summed E-state index contributed by atoms with van der Waals surface area (Å²) in [7, 11) is 1.42. The van der Waals surface area contributed by atoms with Crippen molar-refractivity contribution in [1.82, 2.24) is 20.4 Å². The minimum atomic E-state index is -0.304. The predicted molar refractivity (Wildman–Crippen MR) is 96.8 cm³/mol. The molecule has 0 saturated carbocycles. The van der Waals surface area contributed by atoms with Crippen LogP contribution in [0.5, 0.6) is 0 Å². The highest BCUT2D eigenvalue weighted by atomic mass is 16.5. The number of piperidine rings is 3. The number of hydrogen-bond donors (Lipinski definition) is 2. The molecule has 5 rings (SSSR count). The Labute approximate surface area is 147 Å². The zero-order valence-corrected chi connectivity index (χ0v) is 15.0. The van der Waals surface area contributed by atoms with Crippen LogP contribution < -0.4 is 5.32 Å². The molecule has 2 aromatic rings. The van der Waals surface area contributed by atoms with Crippen molar-refractivity contribution in [2.24, 2.45) is 5.92 Å². The topological polar surface area (TPSA) is 70.2 Å². The van der Waals surface area contributed by atoms with Crippen LogP contribution in [0.1, 0.15) is 34.5 Å². The van der Waals surface area contributed by atoms with Crippen molar-refractivity contribution in [2.75, 3.05) is 33.3 Å². The van der Waals surface area contributed by atoms with E-state index in [-0.39, 0.29) is 5.97 Å². The van der Waals surface area contributed by atoms with Gasteiger partial charge in [-0.25, -0.2) is 4.79 Å². The van der Waals surface area contributed by atoms with E-state index in [2.05, 4.69) is 20.4 Å². The van der Waals surface area contributed by atoms with Crippen LogP contribution in [-0.2, 0) is 11.2 Å². The lowest BCUT2D eigenvalue weighted by Gasteiger charge is -2.45. The van der Waals surface area contributed by atoms with Crippen molar-refractivity contribution in [2.45, 2.75) is 32.2 Å². The maximum atomic E-state index is 12.2. The number of aromatic nitrogens is 2. The number of hydrogen-bond acceptors (Lipinski definition) is 5. The van der Waals surface area contributed by atoms with Crippen molar-refractivity contribution in [3.8, 4) is 0 Å². The van der Waals surface area contributed by atoms with Gasteiger partial charge in [-0.05, 0) is 56.5 Å². The summed E-state index contributed by atoms with van der Waals surface area (Å²) in [6, 6.07) is 4.50. The molecule has 0 unspecified atom stereocenters. The smallest absolute Gasteiger partial charge is 0.338 e. The van der Waals surface area contributed by atoms with Crippen molar-refractivity contribution < 1.29 is 9.53 Å². The molecule has 1 aromatic heterocycles. The second-order valence-corrected chi connectivity index (χ2v) is 7.35. The van der Waals surface area contributed by atoms with Crippen LogP contribution in [0.15, 0.2) is 12.1 Å². The third-order valence-electron chi connectivity index (χ3n) is 5.71. The van der Waals surface area contributed by atoms with E-state index in [4.69, 9.17) is 4.74 Å². The molecule has 4 heterocycles. The number of H-pyrrole nitrogens is 1. The van der Waals surface area contributed by atoms with E-state index in [1.54, 1.807) is 0 Å². The summed E-state index contributed by atoms with van der Waals surface area (Å²) in [6.45, 7) is 6.53. The van der Waals surface area contributed by atoms with Gasteiger partial charge in [0, 0.05) is 30.9 Å². The zero-order chi connectivity index (χ0) is 17.4. The maximum Gasteiger partial charge on any atom is 0.338 e. The van der Waals surface area contributed by atoms with E-state index in [1.165, 1.54) is 39.6 Å². The molecule has 134 valence electrons. The Balaban J connectivity index is 1.49. The number of fused-ring (bicyclic) bond motifs is 4. The second-order valence-electron chi connectivity index (χ2n) is 7.35. The Morgan fingerprint density at radius 2 is 2.20 bits per heavy atom. The summed E-state index contributed by atoms with van der Waals surface area (Å²) in [6.07, 6.45) is 3.43. The molecular weight excluding hydrogens is 316 g/mol. The fourth-order valence-electron chi connectivity index (χ4n) is 4.39. The monoisotopic (exact) mass is 342 g/mol. The van der Waals surface area contributed by atoms with Gasteiger partial charge in [-0.15, -0.1) is 0 Å². The lowest BCUT2D eigenvalue weighted by Crippen LogP contribution is -2.56. The number of aryl methyl sites for hydroxylation is 1. The molecule has 6 heteroatoms. The first kappa shape index (κ1) is 16.5. The van der Waals surface area contributed by atoms with Gasteiger partial charge >= 0.3 is 5.97 Å². The van der Waals surface area contributed by atoms with Gasteiger partial charge in [-0.1, -0.05) is 0 Å². The molecule has 25 heavy (non-hydrogen) atoms. The van der Waals surface area contributed by atoms with Gasteiger partial charge in [0.25, 0.3) is 0 Å². The first-order valence-corrected chi connectivity index (χ1v) is 9.17. The first-order valence-electron chi connectivity index (χ1n) is 9.17. The maximum absolute atomic E-state index is 12.2. The quantitative estimate of drug-likeness (QED) is 0.812. The summed E-state index contributed by atoms with van der Waals surface area (Å²) in [5, 5.41) is 12.1. The van der Waals surface area contributed by atoms with Gasteiger partial charge in [0.05, 0.1) is 23.9 Å². The molecule has 1 aromatic carbocycles. The molecule has 0 amide bonds. The fraction of sp³-hybridized carbons (Fsp3) is 0.579. The summed E-state index contributed by atoms with van der Waals surface area (Å²) in [4.78, 5) is 14.7. The van der Waals surface area contributed by atoms with Gasteiger partial charge in [0.15, 0.2) is 0 Å². The van der Waals surface area contributed by atoms with Crippen LogP contribution in [0.25, 0.3) is 10.9 Å². The summed E-state index contributed by atoms with van der Waals surface area (Å²) in [5.41, 5.74) is 3.46. The van der Waals surface area contributed by atoms with E-state index in [0.717, 1.165) is 41.0 Å². The largest absolute Gasteiger partial charge is 0.465 e. The predicted octanol–water partition coefficient (Wildman–Crippen LogP) is 1.88. The Morgan fingerprint density at radius 1 is 1.40 bits per heavy atom. The molecule has 2 N–H and O–H groups in total. The molecule has 1 atom stereocenters. The van der Waals surface area contributed by atoms with E-state index in [1.807, 2.05) is 19.1 Å². The standard InChI is InChI=1S/C19H26N4O2/c1-12-9-14(19(24)25-2)18-15(21-22-16(18)10-12)3-6-20-17-11-23-7-4-13(17)5-8-23/h9-10,13,17,20H,3-8,11H2,1-2H3,(H,21,22)/t17-/m1/s1. The highest BCUT2D eigenvalue weighted by Crippen LogP contribution is 2.28. The molecule has 3 saturated heterocycles. The average Bonchev–Trinajstić information content (AvgIpc) is 3.04. The number of nitrogens with one attached hydrogen (secondary N) is 2. The van der Waals surface area contributed by atoms with Gasteiger partial charge < -0.3 is 15.0 Å². The number of carbonyl (C=O) groups is 1. The molecule has 3 aliphatic heterocycles. The molecular formula is C19H26N4O2. The van der Waals surface area contributed by atoms with Crippen molar-refractivity contribution in [3.05, 3.63) is 29.0 Å². The van der Waals surface area contributed by atoms with Crippen LogP contribution in [0, 0.1) is 12.8 Å². The fourth-order valence-corrected chi connectivity index (χ4v) is 4.39. The van der Waals surface area contributed by atoms with Crippen molar-refractivity contribution in [1.29, 1.82) is 0 Å². The van der Waals surface area contributed by atoms with Crippen molar-refractivity contribution >= 4 is 16.9 Å². The van der Waals surface area contributed by atoms with Gasteiger partial charge in [0.1, 0.15) is 0 Å². The van der Waals surface area contributed by atoms with E-state index in [0.29, 0.717) is 11.6 Å². The highest BCUT2D eigenvalue weighted by Gasteiger charge is 2.33. The number of carbonyl (C=O) groups excluding carboxylic acids is 1. The van der Waals surface area contributed by atoms with E-state index >= 15 is 0 Å². The SMILES string of the molecule is COC(=O)c1cc(C)cc2[nH]nc(CCN[C@@H]3CN4CCC3CC4)c12. The number of ether oxygens (including phenoxy) is 1. The Morgan fingerprint density at radius 3 is 2.88 bits per heavy atom. The third-order valence-corrected chi connectivity index (χ3v) is 5.71. The normalized spacial score (nSPS) is 25.4. The minimum absolute atomic E-state index is 0.304. The van der Waals surface area contributed by atoms with E-state index < -0.39 is 0 Å². The number of esters is 1. The summed E-state index contributed by atoms with van der Waals surface area (Å²) < 4.78 is 4.96. The molecule has 3 aliphatic rings. The number of nitrogens with zero attached hydrogens (tertiary/aromatic N) is 2. The van der Waals surface area contributed by atoms with Gasteiger partial charge in [0.2, 0.25) is 0 Å². The zero-order valence-electron chi connectivity index (χ0n) is 15.0. The molecule has 0 radical (unpaired) electrons. The van der Waals surface area contributed by atoms with Gasteiger partial charge in [-0.3, -0.25) is 5.10 Å². The molecule has 2 bridgehead atoms. The third kappa shape index (κ3) is 3.16. The van der Waals surface area contributed by atoms with Crippen LogP contribution in [0.4, 0.5) is 0 Å². The lowest BCUT2D eigenvalue weighted by atomic mass is 9.84. The van der Waals surface area contributed by atoms with E-state index in [9.17, 15) is 4.79 Å². The second kappa shape index (κ2) is 6.77. The highest BCUT2D eigenvalue weighted by molar-refractivity contribution is 6.05. The summed E-state index contributed by atoms with van der Waals surface area (Å²) in [5.74, 6) is 0.510. The number of benzene rings is 1. The average molecular weight is 342 g/mol.